The Labute approximate surface area is 120 Å². The number of hydrogen-bond donors (Lipinski definition) is 1. The van der Waals surface area contributed by atoms with E-state index in [0.717, 1.165) is 6.07 Å². The molecule has 0 spiro atoms. The number of nitro groups is 1. The maximum atomic E-state index is 11.5. The summed E-state index contributed by atoms with van der Waals surface area (Å²) in [5, 5.41) is 11.1. The van der Waals surface area contributed by atoms with Gasteiger partial charge in [-0.2, -0.15) is 0 Å². The molecule has 0 radical (unpaired) electrons. The number of nitrogens with zero attached hydrogens (tertiary/aromatic N) is 3. The van der Waals surface area contributed by atoms with Crippen LogP contribution in [0.25, 0.3) is 0 Å². The molecule has 1 aromatic heterocycles. The Bertz CT molecular complexity index is 573. The van der Waals surface area contributed by atoms with Gasteiger partial charge in [0.25, 0.3) is 0 Å². The van der Waals surface area contributed by atoms with E-state index < -0.39 is 16.8 Å². The second-order valence-electron chi connectivity index (χ2n) is 4.48. The van der Waals surface area contributed by atoms with Gasteiger partial charge in [0, 0.05) is 12.1 Å². The molecule has 1 amide bonds. The number of primary amides is 1. The molecule has 1 heterocycles. The van der Waals surface area contributed by atoms with Crippen molar-refractivity contribution in [3.8, 4) is 0 Å². The van der Waals surface area contributed by atoms with Crippen LogP contribution in [-0.4, -0.2) is 41.5 Å². The van der Waals surface area contributed by atoms with E-state index >= 15 is 0 Å². The Morgan fingerprint density at radius 3 is 2.52 bits per heavy atom. The standard InChI is InChI=1S/C12H16N4O5/c1-7(2)15(6-10(13)17)11-9(16(19)20)5-4-8(14-11)12(18)21-3/h4-5,7H,6H2,1-3H3,(H2,13,17). The number of hydrogen-bond acceptors (Lipinski definition) is 7. The van der Waals surface area contributed by atoms with E-state index in [1.807, 2.05) is 0 Å². The van der Waals surface area contributed by atoms with Crippen molar-refractivity contribution in [3.63, 3.8) is 0 Å². The summed E-state index contributed by atoms with van der Waals surface area (Å²) in [5.74, 6) is -1.49. The molecule has 0 aliphatic carbocycles. The highest BCUT2D eigenvalue weighted by Gasteiger charge is 2.26. The zero-order chi connectivity index (χ0) is 16.2. The topological polar surface area (TPSA) is 129 Å². The van der Waals surface area contributed by atoms with Crippen LogP contribution >= 0.6 is 0 Å². The summed E-state index contributed by atoms with van der Waals surface area (Å²) in [4.78, 5) is 38.4. The van der Waals surface area contributed by atoms with E-state index in [1.165, 1.54) is 18.1 Å². The number of nitrogens with two attached hydrogens (primary N) is 1. The lowest BCUT2D eigenvalue weighted by Crippen LogP contribution is -2.39. The predicted octanol–water partition coefficient (Wildman–Crippen LogP) is 0.476. The predicted molar refractivity (Wildman–Crippen MR) is 73.9 cm³/mol. The van der Waals surface area contributed by atoms with E-state index in [4.69, 9.17) is 5.73 Å². The van der Waals surface area contributed by atoms with Gasteiger partial charge in [-0.1, -0.05) is 0 Å². The largest absolute Gasteiger partial charge is 0.464 e. The van der Waals surface area contributed by atoms with Crippen molar-refractivity contribution < 1.29 is 19.2 Å². The average Bonchev–Trinajstić information content (AvgIpc) is 2.42. The fourth-order valence-electron chi connectivity index (χ4n) is 1.68. The molecule has 1 rings (SSSR count). The monoisotopic (exact) mass is 296 g/mol. The van der Waals surface area contributed by atoms with Gasteiger partial charge < -0.3 is 15.4 Å². The van der Waals surface area contributed by atoms with Crippen LogP contribution in [0.1, 0.15) is 24.3 Å². The van der Waals surface area contributed by atoms with Crippen molar-refractivity contribution in [3.05, 3.63) is 27.9 Å². The zero-order valence-corrected chi connectivity index (χ0v) is 11.9. The molecule has 0 fully saturated rings. The van der Waals surface area contributed by atoms with Crippen LogP contribution < -0.4 is 10.6 Å². The quantitative estimate of drug-likeness (QED) is 0.459. The van der Waals surface area contributed by atoms with Gasteiger partial charge in [0.2, 0.25) is 11.7 Å². The molecule has 0 aliphatic heterocycles. The van der Waals surface area contributed by atoms with Crippen LogP contribution in [0.3, 0.4) is 0 Å². The van der Waals surface area contributed by atoms with Crippen molar-refractivity contribution in [2.75, 3.05) is 18.6 Å². The summed E-state index contributed by atoms with van der Waals surface area (Å²) in [5.41, 5.74) is 4.74. The Balaban J connectivity index is 3.42. The van der Waals surface area contributed by atoms with Crippen molar-refractivity contribution in [1.29, 1.82) is 0 Å². The number of carbonyl (C=O) groups excluding carboxylic acids is 2. The number of aromatic nitrogens is 1. The van der Waals surface area contributed by atoms with Gasteiger partial charge in [0.05, 0.1) is 18.6 Å². The summed E-state index contributed by atoms with van der Waals surface area (Å²) in [6.45, 7) is 3.19. The first-order chi connectivity index (χ1) is 9.77. The fourth-order valence-corrected chi connectivity index (χ4v) is 1.68. The first kappa shape index (κ1) is 16.3. The number of pyridine rings is 1. The second kappa shape index (κ2) is 6.64. The van der Waals surface area contributed by atoms with Crippen LogP contribution in [0.2, 0.25) is 0 Å². The summed E-state index contributed by atoms with van der Waals surface area (Å²) >= 11 is 0. The van der Waals surface area contributed by atoms with Crippen LogP contribution in [0.15, 0.2) is 12.1 Å². The van der Waals surface area contributed by atoms with Crippen molar-refractivity contribution >= 4 is 23.4 Å². The third-order valence-corrected chi connectivity index (χ3v) is 2.67. The third-order valence-electron chi connectivity index (χ3n) is 2.67. The van der Waals surface area contributed by atoms with E-state index in [-0.39, 0.29) is 29.8 Å². The number of carbonyl (C=O) groups is 2. The first-order valence-electron chi connectivity index (χ1n) is 6.06. The number of amides is 1. The molecule has 2 N–H and O–H groups in total. The molecule has 21 heavy (non-hydrogen) atoms. The smallest absolute Gasteiger partial charge is 0.356 e. The van der Waals surface area contributed by atoms with Crippen molar-refractivity contribution in [2.24, 2.45) is 5.73 Å². The summed E-state index contributed by atoms with van der Waals surface area (Å²) in [6, 6.07) is 2.05. The van der Waals surface area contributed by atoms with E-state index in [2.05, 4.69) is 9.72 Å². The molecule has 114 valence electrons. The average molecular weight is 296 g/mol. The van der Waals surface area contributed by atoms with Crippen LogP contribution in [0.4, 0.5) is 11.5 Å². The molecule has 0 atom stereocenters. The minimum atomic E-state index is -0.728. The molecule has 1 aromatic rings. The molecule has 9 nitrogen and oxygen atoms in total. The van der Waals surface area contributed by atoms with E-state index in [9.17, 15) is 19.7 Å². The maximum Gasteiger partial charge on any atom is 0.356 e. The van der Waals surface area contributed by atoms with Crippen molar-refractivity contribution in [2.45, 2.75) is 19.9 Å². The molecule has 0 unspecified atom stereocenters. The normalized spacial score (nSPS) is 10.3. The van der Waals surface area contributed by atoms with Gasteiger partial charge in [-0.15, -0.1) is 0 Å². The Morgan fingerprint density at radius 1 is 1.48 bits per heavy atom. The van der Waals surface area contributed by atoms with Gasteiger partial charge in [0.15, 0.2) is 5.69 Å². The Morgan fingerprint density at radius 2 is 2.10 bits per heavy atom. The summed E-state index contributed by atoms with van der Waals surface area (Å²) in [7, 11) is 1.18. The number of anilines is 1. The molecule has 0 saturated heterocycles. The summed E-state index contributed by atoms with van der Waals surface area (Å²) < 4.78 is 4.53. The highest BCUT2D eigenvalue weighted by atomic mass is 16.6. The molecule has 0 saturated carbocycles. The molecular formula is C12H16N4O5. The van der Waals surface area contributed by atoms with E-state index in [1.54, 1.807) is 13.8 Å². The molecule has 0 bridgehead atoms. The van der Waals surface area contributed by atoms with Gasteiger partial charge in [-0.25, -0.2) is 9.78 Å². The number of rotatable bonds is 6. The van der Waals surface area contributed by atoms with Gasteiger partial charge in [-0.3, -0.25) is 14.9 Å². The Kier molecular flexibility index (Phi) is 5.17. The van der Waals surface area contributed by atoms with Crippen LogP contribution in [-0.2, 0) is 9.53 Å². The van der Waals surface area contributed by atoms with Crippen LogP contribution in [0.5, 0.6) is 0 Å². The molecular weight excluding hydrogens is 280 g/mol. The van der Waals surface area contributed by atoms with E-state index in [0.29, 0.717) is 0 Å². The van der Waals surface area contributed by atoms with Crippen molar-refractivity contribution in [1.82, 2.24) is 4.98 Å². The molecule has 0 aromatic carbocycles. The lowest BCUT2D eigenvalue weighted by Gasteiger charge is -2.26. The van der Waals surface area contributed by atoms with Gasteiger partial charge in [0.1, 0.15) is 0 Å². The summed E-state index contributed by atoms with van der Waals surface area (Å²) in [6.07, 6.45) is 0. The maximum absolute atomic E-state index is 11.5. The number of methoxy groups -OCH3 is 1. The highest BCUT2D eigenvalue weighted by molar-refractivity contribution is 5.88. The lowest BCUT2D eigenvalue weighted by molar-refractivity contribution is -0.384. The SMILES string of the molecule is COC(=O)c1ccc([N+](=O)[O-])c(N(CC(N)=O)C(C)C)n1. The lowest BCUT2D eigenvalue weighted by atomic mass is 10.2. The van der Waals surface area contributed by atoms with Crippen LogP contribution in [0, 0.1) is 10.1 Å². The zero-order valence-electron chi connectivity index (χ0n) is 11.9. The second-order valence-corrected chi connectivity index (χ2v) is 4.48. The number of ether oxygens (including phenoxy) is 1. The minimum absolute atomic E-state index is 0.0896. The molecule has 0 aliphatic rings. The highest BCUT2D eigenvalue weighted by Crippen LogP contribution is 2.27. The Hall–Kier alpha value is -2.71. The van der Waals surface area contributed by atoms with Gasteiger partial charge >= 0.3 is 11.7 Å². The number of esters is 1. The first-order valence-corrected chi connectivity index (χ1v) is 6.06. The van der Waals surface area contributed by atoms with Gasteiger partial charge in [-0.05, 0) is 19.9 Å². The molecule has 9 heteroatoms. The third kappa shape index (κ3) is 3.88. The fraction of sp³-hybridized carbons (Fsp3) is 0.417. The minimum Gasteiger partial charge on any atom is -0.464 e.